The van der Waals surface area contributed by atoms with Crippen LogP contribution in [0, 0.1) is 0 Å². The van der Waals surface area contributed by atoms with Gasteiger partial charge in [-0.05, 0) is 36.4 Å². The van der Waals surface area contributed by atoms with Gasteiger partial charge in [0.15, 0.2) is 18.6 Å². The Labute approximate surface area is 193 Å². The van der Waals surface area contributed by atoms with Crippen molar-refractivity contribution in [2.24, 2.45) is 7.05 Å². The minimum absolute atomic E-state index is 0.0381. The molecule has 1 atom stereocenters. The Morgan fingerprint density at radius 3 is 2.76 bits per heavy atom. The van der Waals surface area contributed by atoms with Crippen LogP contribution < -0.4 is 15.1 Å². The van der Waals surface area contributed by atoms with Crippen molar-refractivity contribution in [2.75, 3.05) is 18.5 Å². The number of rotatable bonds is 6. The summed E-state index contributed by atoms with van der Waals surface area (Å²) < 4.78 is 17.2. The number of oxazole rings is 1. The molecule has 5 rings (SSSR count). The van der Waals surface area contributed by atoms with E-state index in [9.17, 15) is 14.7 Å². The van der Waals surface area contributed by atoms with Crippen LogP contribution in [-0.2, 0) is 27.9 Å². The smallest absolute Gasteiger partial charge is 0.252 e. The molecular weight excluding hydrogens is 442 g/mol. The summed E-state index contributed by atoms with van der Waals surface area (Å²) in [7, 11) is 1.56. The number of aryl methyl sites for hydroxylation is 1. The minimum Gasteiger partial charge on any atom is -0.539 e. The Morgan fingerprint density at radius 2 is 2.03 bits per heavy atom. The van der Waals surface area contributed by atoms with Gasteiger partial charge < -0.3 is 29.0 Å². The van der Waals surface area contributed by atoms with Gasteiger partial charge in [-0.15, -0.1) is 0 Å². The predicted octanol–water partition coefficient (Wildman–Crippen LogP) is 1.14. The number of para-hydroxylation sites is 2. The summed E-state index contributed by atoms with van der Waals surface area (Å²) >= 11 is 0. The van der Waals surface area contributed by atoms with Crippen LogP contribution in [0.3, 0.4) is 0 Å². The highest BCUT2D eigenvalue weighted by atomic mass is 16.6. The topological polar surface area (TPSA) is 138 Å². The van der Waals surface area contributed by atoms with Crippen molar-refractivity contribution in [3.8, 4) is 17.4 Å². The largest absolute Gasteiger partial charge is 0.539 e. The van der Waals surface area contributed by atoms with Gasteiger partial charge in [-0.2, -0.15) is 0 Å². The average Bonchev–Trinajstić information content (AvgIpc) is 3.40. The fourth-order valence-corrected chi connectivity index (χ4v) is 3.75. The molecule has 0 aliphatic carbocycles. The van der Waals surface area contributed by atoms with Gasteiger partial charge in [-0.3, -0.25) is 9.59 Å². The van der Waals surface area contributed by atoms with Crippen molar-refractivity contribution in [3.63, 3.8) is 0 Å². The number of carbonyl (C=O) groups excluding carboxylic acids is 2. The van der Waals surface area contributed by atoms with Crippen molar-refractivity contribution in [3.05, 3.63) is 54.2 Å². The zero-order chi connectivity index (χ0) is 23.7. The number of ether oxygens (including phenoxy) is 1. The van der Waals surface area contributed by atoms with Crippen LogP contribution in [0.15, 0.2) is 57.5 Å². The SMILES string of the molecule is C[n+]1noc([O-])c1CN1CCOC(CC(=O)Nc2ccc(-c3nc4ccccc4o3)cc2)C1=O. The highest BCUT2D eigenvalue weighted by Gasteiger charge is 2.33. The van der Waals surface area contributed by atoms with E-state index < -0.39 is 12.1 Å². The summed E-state index contributed by atoms with van der Waals surface area (Å²) in [5, 5.41) is 18.1. The third-order valence-electron chi connectivity index (χ3n) is 5.56. The number of nitrogens with zero attached hydrogens (tertiary/aromatic N) is 4. The lowest BCUT2D eigenvalue weighted by Gasteiger charge is -2.31. The Balaban J connectivity index is 1.20. The molecule has 1 aliphatic heterocycles. The number of fused-ring (bicyclic) bond motifs is 1. The number of carbonyl (C=O) groups is 2. The fourth-order valence-electron chi connectivity index (χ4n) is 3.75. The van der Waals surface area contributed by atoms with Crippen LogP contribution in [0.25, 0.3) is 22.6 Å². The molecule has 11 heteroatoms. The van der Waals surface area contributed by atoms with Gasteiger partial charge in [0.2, 0.25) is 11.8 Å². The molecule has 1 fully saturated rings. The quantitative estimate of drug-likeness (QED) is 0.420. The van der Waals surface area contributed by atoms with Crippen LogP contribution >= 0.6 is 0 Å². The van der Waals surface area contributed by atoms with Crippen LogP contribution in [-0.4, -0.2) is 46.2 Å². The van der Waals surface area contributed by atoms with Crippen molar-refractivity contribution in [1.82, 2.24) is 15.2 Å². The molecule has 0 radical (unpaired) electrons. The van der Waals surface area contributed by atoms with Gasteiger partial charge in [0.25, 0.3) is 11.6 Å². The van der Waals surface area contributed by atoms with Crippen LogP contribution in [0.5, 0.6) is 5.95 Å². The zero-order valence-corrected chi connectivity index (χ0v) is 18.3. The first-order valence-corrected chi connectivity index (χ1v) is 10.7. The van der Waals surface area contributed by atoms with E-state index in [1.807, 2.05) is 24.3 Å². The second-order valence-electron chi connectivity index (χ2n) is 7.87. The number of hydrogen-bond donors (Lipinski definition) is 1. The lowest BCUT2D eigenvalue weighted by molar-refractivity contribution is -0.746. The fraction of sp³-hybridized carbons (Fsp3) is 0.261. The van der Waals surface area contributed by atoms with E-state index >= 15 is 0 Å². The van der Waals surface area contributed by atoms with Crippen LogP contribution in [0.4, 0.5) is 5.69 Å². The van der Waals surface area contributed by atoms with Crippen molar-refractivity contribution in [1.29, 1.82) is 0 Å². The Morgan fingerprint density at radius 1 is 1.24 bits per heavy atom. The maximum Gasteiger partial charge on any atom is 0.252 e. The van der Waals surface area contributed by atoms with E-state index in [4.69, 9.17) is 9.15 Å². The average molecular weight is 463 g/mol. The first-order valence-electron chi connectivity index (χ1n) is 10.7. The number of amides is 2. The summed E-state index contributed by atoms with van der Waals surface area (Å²) in [6.07, 6.45) is -1.09. The molecule has 2 aromatic carbocycles. The van der Waals surface area contributed by atoms with Crippen molar-refractivity contribution in [2.45, 2.75) is 19.1 Å². The Kier molecular flexibility index (Phi) is 5.68. The number of aromatic nitrogens is 3. The van der Waals surface area contributed by atoms with Gasteiger partial charge in [-0.25, -0.2) is 4.98 Å². The van der Waals surface area contributed by atoms with Crippen LogP contribution in [0.2, 0.25) is 0 Å². The molecule has 34 heavy (non-hydrogen) atoms. The summed E-state index contributed by atoms with van der Waals surface area (Å²) in [5.41, 5.74) is 3.06. The highest BCUT2D eigenvalue weighted by molar-refractivity contribution is 5.95. The molecule has 1 N–H and O–H groups in total. The summed E-state index contributed by atoms with van der Waals surface area (Å²) in [6, 6.07) is 14.6. The summed E-state index contributed by atoms with van der Waals surface area (Å²) in [4.78, 5) is 31.3. The zero-order valence-electron chi connectivity index (χ0n) is 18.3. The maximum atomic E-state index is 12.8. The number of hydrogen-bond acceptors (Lipinski definition) is 8. The van der Waals surface area contributed by atoms with E-state index in [-0.39, 0.29) is 37.1 Å². The lowest BCUT2D eigenvalue weighted by Crippen LogP contribution is -2.50. The highest BCUT2D eigenvalue weighted by Crippen LogP contribution is 2.25. The van der Waals surface area contributed by atoms with Gasteiger partial charge in [0.05, 0.1) is 18.3 Å². The molecule has 0 bridgehead atoms. The summed E-state index contributed by atoms with van der Waals surface area (Å²) in [5.74, 6) is -0.844. The van der Waals surface area contributed by atoms with Crippen molar-refractivity contribution < 1.29 is 33.1 Å². The van der Waals surface area contributed by atoms with E-state index in [0.717, 1.165) is 11.1 Å². The van der Waals surface area contributed by atoms with E-state index in [1.54, 1.807) is 31.3 Å². The summed E-state index contributed by atoms with van der Waals surface area (Å²) in [6.45, 7) is 0.599. The molecular formula is C23H21N5O6. The Hall–Kier alpha value is -4.25. The molecule has 1 aliphatic rings. The number of nitrogens with one attached hydrogen (secondary N) is 1. The molecule has 2 aromatic heterocycles. The van der Waals surface area contributed by atoms with Crippen molar-refractivity contribution >= 4 is 28.6 Å². The molecule has 4 aromatic rings. The molecule has 1 unspecified atom stereocenters. The van der Waals surface area contributed by atoms with Crippen LogP contribution in [0.1, 0.15) is 12.1 Å². The monoisotopic (exact) mass is 463 g/mol. The van der Waals surface area contributed by atoms with E-state index in [1.165, 1.54) is 9.58 Å². The third kappa shape index (κ3) is 4.33. The molecule has 1 saturated heterocycles. The molecule has 11 nitrogen and oxygen atoms in total. The number of benzene rings is 2. The molecule has 0 saturated carbocycles. The normalized spacial score (nSPS) is 16.2. The van der Waals surface area contributed by atoms with Gasteiger partial charge in [0, 0.05) is 17.8 Å². The number of morpholine rings is 1. The standard InChI is InChI=1S/C23H21N5O6/c1-27-17(23(31)34-26-27)13-28-10-11-32-19(22(28)30)12-20(29)24-15-8-6-14(7-9-15)21-25-16-4-2-3-5-18(16)33-21/h2-9,19H,10-13H2,1H3,(H-,24,25,26,29,31). The molecule has 0 spiro atoms. The first kappa shape index (κ1) is 21.6. The Bertz CT molecular complexity index is 1290. The van der Waals surface area contributed by atoms with Gasteiger partial charge in [0.1, 0.15) is 18.2 Å². The molecule has 2 amide bonds. The van der Waals surface area contributed by atoms with E-state index in [2.05, 4.69) is 20.1 Å². The van der Waals surface area contributed by atoms with E-state index in [0.29, 0.717) is 23.7 Å². The van der Waals surface area contributed by atoms with Gasteiger partial charge in [-0.1, -0.05) is 16.8 Å². The third-order valence-corrected chi connectivity index (χ3v) is 5.56. The minimum atomic E-state index is -0.937. The maximum absolute atomic E-state index is 12.8. The predicted molar refractivity (Wildman–Crippen MR) is 115 cm³/mol. The first-order chi connectivity index (χ1) is 16.5. The van der Waals surface area contributed by atoms with Gasteiger partial charge >= 0.3 is 0 Å². The lowest BCUT2D eigenvalue weighted by atomic mass is 10.1. The second kappa shape index (κ2) is 8.94. The number of anilines is 1. The second-order valence-corrected chi connectivity index (χ2v) is 7.87. The molecule has 3 heterocycles. The molecule has 174 valence electrons.